The number of carboxylic acid groups (broad SMARTS) is 1. The molecule has 98 valence electrons. The Bertz CT molecular complexity index is 413. The maximum Gasteiger partial charge on any atom is 0.336 e. The minimum absolute atomic E-state index is 0.298. The average Bonchev–Trinajstić information content (AvgIpc) is 2.82. The van der Waals surface area contributed by atoms with Gasteiger partial charge < -0.3 is 9.84 Å². The number of rotatable bonds is 5. The summed E-state index contributed by atoms with van der Waals surface area (Å²) in [6.07, 6.45) is 2.53. The number of ether oxygens (including phenoxy) is 1. The highest BCUT2D eigenvalue weighted by atomic mass is 16.5. The molecule has 0 bridgehead atoms. The summed E-state index contributed by atoms with van der Waals surface area (Å²) in [5.74, 6) is -0.865. The quantitative estimate of drug-likeness (QED) is 0.867. The molecule has 0 aliphatic carbocycles. The van der Waals surface area contributed by atoms with Gasteiger partial charge in [-0.1, -0.05) is 18.2 Å². The van der Waals surface area contributed by atoms with Gasteiger partial charge in [0.15, 0.2) is 0 Å². The molecule has 2 rings (SSSR count). The summed E-state index contributed by atoms with van der Waals surface area (Å²) in [5.41, 5.74) is 1.24. The monoisotopic (exact) mass is 249 g/mol. The lowest BCUT2D eigenvalue weighted by atomic mass is 10.1. The smallest absolute Gasteiger partial charge is 0.336 e. The number of nitrogens with zero attached hydrogens (tertiary/aromatic N) is 1. The van der Waals surface area contributed by atoms with E-state index in [1.54, 1.807) is 12.1 Å². The molecule has 18 heavy (non-hydrogen) atoms. The summed E-state index contributed by atoms with van der Waals surface area (Å²) in [4.78, 5) is 13.2. The summed E-state index contributed by atoms with van der Waals surface area (Å²) >= 11 is 0. The highest BCUT2D eigenvalue weighted by molar-refractivity contribution is 5.89. The molecule has 1 unspecified atom stereocenters. The molecule has 1 N–H and O–H groups in total. The van der Waals surface area contributed by atoms with Crippen LogP contribution in [0.3, 0.4) is 0 Å². The van der Waals surface area contributed by atoms with Crippen LogP contribution in [0.15, 0.2) is 24.3 Å². The lowest BCUT2D eigenvalue weighted by Crippen LogP contribution is -2.28. The summed E-state index contributed by atoms with van der Waals surface area (Å²) in [5, 5.41) is 9.12. The summed E-state index contributed by atoms with van der Waals surface area (Å²) in [6, 6.07) is 7.15. The zero-order valence-electron chi connectivity index (χ0n) is 10.6. The SMILES string of the molecule is CN(Cc1ccccc1C(=O)O)CC1CCCO1. The van der Waals surface area contributed by atoms with Gasteiger partial charge in [-0.05, 0) is 31.5 Å². The Hall–Kier alpha value is -1.39. The summed E-state index contributed by atoms with van der Waals surface area (Å²) in [7, 11) is 2.00. The topological polar surface area (TPSA) is 49.8 Å². The fourth-order valence-corrected chi connectivity index (χ4v) is 2.36. The maximum absolute atomic E-state index is 11.1. The van der Waals surface area contributed by atoms with Crippen LogP contribution >= 0.6 is 0 Å². The van der Waals surface area contributed by atoms with Crippen molar-refractivity contribution in [2.24, 2.45) is 0 Å². The molecule has 1 aliphatic heterocycles. The number of carbonyl (C=O) groups is 1. The van der Waals surface area contributed by atoms with Crippen LogP contribution in [0.5, 0.6) is 0 Å². The molecule has 1 atom stereocenters. The van der Waals surface area contributed by atoms with Crippen molar-refractivity contribution in [3.05, 3.63) is 35.4 Å². The molecule has 0 amide bonds. The average molecular weight is 249 g/mol. The van der Waals surface area contributed by atoms with Crippen LogP contribution in [0.25, 0.3) is 0 Å². The highest BCUT2D eigenvalue weighted by Crippen LogP contribution is 2.15. The van der Waals surface area contributed by atoms with Gasteiger partial charge in [-0.3, -0.25) is 4.90 Å². The van der Waals surface area contributed by atoms with Crippen LogP contribution in [0.4, 0.5) is 0 Å². The van der Waals surface area contributed by atoms with Crippen LogP contribution in [-0.2, 0) is 11.3 Å². The van der Waals surface area contributed by atoms with Gasteiger partial charge in [-0.15, -0.1) is 0 Å². The molecule has 4 heteroatoms. The van der Waals surface area contributed by atoms with Crippen LogP contribution in [0.1, 0.15) is 28.8 Å². The Balaban J connectivity index is 1.97. The third kappa shape index (κ3) is 3.31. The second kappa shape index (κ2) is 5.98. The van der Waals surface area contributed by atoms with Crippen molar-refractivity contribution in [2.75, 3.05) is 20.2 Å². The first-order chi connectivity index (χ1) is 8.66. The maximum atomic E-state index is 11.1. The second-order valence-electron chi connectivity index (χ2n) is 4.79. The molecule has 0 radical (unpaired) electrons. The van der Waals surface area contributed by atoms with E-state index in [1.165, 1.54) is 0 Å². The van der Waals surface area contributed by atoms with Crippen molar-refractivity contribution in [1.82, 2.24) is 4.90 Å². The van der Waals surface area contributed by atoms with E-state index in [4.69, 9.17) is 9.84 Å². The molecule has 1 fully saturated rings. The number of carboxylic acids is 1. The first kappa shape index (κ1) is 13.1. The van der Waals surface area contributed by atoms with Crippen molar-refractivity contribution in [3.63, 3.8) is 0 Å². The van der Waals surface area contributed by atoms with Gasteiger partial charge in [-0.25, -0.2) is 4.79 Å². The number of hydrogen-bond acceptors (Lipinski definition) is 3. The van der Waals surface area contributed by atoms with Gasteiger partial charge in [-0.2, -0.15) is 0 Å². The van der Waals surface area contributed by atoms with Gasteiger partial charge >= 0.3 is 5.97 Å². The van der Waals surface area contributed by atoms with E-state index in [0.717, 1.165) is 31.6 Å². The number of hydrogen-bond donors (Lipinski definition) is 1. The van der Waals surface area contributed by atoms with Crippen molar-refractivity contribution in [2.45, 2.75) is 25.5 Å². The third-order valence-electron chi connectivity index (χ3n) is 3.23. The van der Waals surface area contributed by atoms with Crippen molar-refractivity contribution in [1.29, 1.82) is 0 Å². The minimum Gasteiger partial charge on any atom is -0.478 e. The summed E-state index contributed by atoms with van der Waals surface area (Å²) < 4.78 is 5.58. The number of aromatic carboxylic acids is 1. The van der Waals surface area contributed by atoms with Crippen LogP contribution in [0.2, 0.25) is 0 Å². The summed E-state index contributed by atoms with van der Waals surface area (Å²) in [6.45, 7) is 2.35. The zero-order valence-corrected chi connectivity index (χ0v) is 10.6. The fraction of sp³-hybridized carbons (Fsp3) is 0.500. The lowest BCUT2D eigenvalue weighted by molar-refractivity contribution is 0.0691. The third-order valence-corrected chi connectivity index (χ3v) is 3.23. The first-order valence-corrected chi connectivity index (χ1v) is 6.28. The zero-order chi connectivity index (χ0) is 13.0. The van der Waals surface area contributed by atoms with Gasteiger partial charge in [0.2, 0.25) is 0 Å². The van der Waals surface area contributed by atoms with E-state index in [-0.39, 0.29) is 0 Å². The predicted octanol–water partition coefficient (Wildman–Crippen LogP) is 2.00. The molecule has 1 aliphatic rings. The molecule has 0 spiro atoms. The molecule has 1 aromatic rings. The Morgan fingerprint density at radius 1 is 1.50 bits per heavy atom. The molecule has 1 aromatic carbocycles. The Morgan fingerprint density at radius 3 is 2.94 bits per heavy atom. The highest BCUT2D eigenvalue weighted by Gasteiger charge is 2.18. The van der Waals surface area contributed by atoms with Gasteiger partial charge in [0.1, 0.15) is 0 Å². The van der Waals surface area contributed by atoms with Crippen LogP contribution < -0.4 is 0 Å². The van der Waals surface area contributed by atoms with E-state index >= 15 is 0 Å². The fourth-order valence-electron chi connectivity index (χ4n) is 2.36. The van der Waals surface area contributed by atoms with Gasteiger partial charge in [0.05, 0.1) is 11.7 Å². The van der Waals surface area contributed by atoms with E-state index in [9.17, 15) is 4.79 Å². The number of likely N-dealkylation sites (N-methyl/N-ethyl adjacent to an activating group) is 1. The first-order valence-electron chi connectivity index (χ1n) is 6.28. The van der Waals surface area contributed by atoms with E-state index in [2.05, 4.69) is 4.90 Å². The normalized spacial score (nSPS) is 19.3. The van der Waals surface area contributed by atoms with E-state index < -0.39 is 5.97 Å². The van der Waals surface area contributed by atoms with Gasteiger partial charge in [0.25, 0.3) is 0 Å². The molecule has 1 saturated heterocycles. The molecular weight excluding hydrogens is 230 g/mol. The molecule has 0 aromatic heterocycles. The van der Waals surface area contributed by atoms with E-state index in [1.807, 2.05) is 19.2 Å². The lowest BCUT2D eigenvalue weighted by Gasteiger charge is -2.21. The van der Waals surface area contributed by atoms with Crippen LogP contribution in [0, 0.1) is 0 Å². The molecular formula is C14H19NO3. The Labute approximate surface area is 107 Å². The van der Waals surface area contributed by atoms with Gasteiger partial charge in [0, 0.05) is 19.7 Å². The van der Waals surface area contributed by atoms with E-state index in [0.29, 0.717) is 18.2 Å². The molecule has 0 saturated carbocycles. The van der Waals surface area contributed by atoms with Crippen molar-refractivity contribution >= 4 is 5.97 Å². The Kier molecular flexibility index (Phi) is 4.33. The molecule has 4 nitrogen and oxygen atoms in total. The van der Waals surface area contributed by atoms with Crippen LogP contribution in [-0.4, -0.2) is 42.3 Å². The minimum atomic E-state index is -0.865. The Morgan fingerprint density at radius 2 is 2.28 bits per heavy atom. The molecule has 1 heterocycles. The van der Waals surface area contributed by atoms with Crippen molar-refractivity contribution < 1.29 is 14.6 Å². The number of benzene rings is 1. The second-order valence-corrected chi connectivity index (χ2v) is 4.79. The standard InChI is InChI=1S/C14H19NO3/c1-15(10-12-6-4-8-18-12)9-11-5-2-3-7-13(11)14(16)17/h2-3,5,7,12H,4,6,8-10H2,1H3,(H,16,17). The van der Waals surface area contributed by atoms with Crippen molar-refractivity contribution in [3.8, 4) is 0 Å². The predicted molar refractivity (Wildman–Crippen MR) is 68.7 cm³/mol. The largest absolute Gasteiger partial charge is 0.478 e.